The molecule has 1 rings (SSSR count). The van der Waals surface area contributed by atoms with Gasteiger partial charge in [0.25, 0.3) is 0 Å². The van der Waals surface area contributed by atoms with Gasteiger partial charge in [0.05, 0.1) is 6.61 Å². The van der Waals surface area contributed by atoms with Crippen LogP contribution in [-0.4, -0.2) is 30.4 Å². The zero-order chi connectivity index (χ0) is 10.4. The number of nitrogens with one attached hydrogen (secondary N) is 1. The Morgan fingerprint density at radius 2 is 2.07 bits per heavy atom. The molecule has 14 heavy (non-hydrogen) atoms. The summed E-state index contributed by atoms with van der Waals surface area (Å²) in [6.45, 7) is 0.568. The summed E-state index contributed by atoms with van der Waals surface area (Å²) in [5.41, 5.74) is 1.03. The first-order valence-corrected chi connectivity index (χ1v) is 4.84. The first-order valence-electron chi connectivity index (χ1n) is 4.43. The van der Waals surface area contributed by atoms with Gasteiger partial charge in [0.2, 0.25) is 0 Å². The summed E-state index contributed by atoms with van der Waals surface area (Å²) >= 11 is 5.13. The standard InChI is InChI=1S/C10H14N2OS/c1-12(10(14)11-7-8-13)9-5-3-2-4-6-9/h2-6,13H,7-8H2,1H3,(H,11,14). The third-order valence-electron chi connectivity index (χ3n) is 1.84. The largest absolute Gasteiger partial charge is 0.395 e. The number of anilines is 1. The normalized spacial score (nSPS) is 9.57. The Morgan fingerprint density at radius 1 is 1.43 bits per heavy atom. The van der Waals surface area contributed by atoms with Gasteiger partial charge in [0.15, 0.2) is 5.11 Å². The first kappa shape index (κ1) is 10.9. The molecule has 0 aromatic heterocycles. The van der Waals surface area contributed by atoms with E-state index in [4.69, 9.17) is 17.3 Å². The highest BCUT2D eigenvalue weighted by molar-refractivity contribution is 7.80. The van der Waals surface area contributed by atoms with Crippen LogP contribution >= 0.6 is 12.2 Å². The van der Waals surface area contributed by atoms with Crippen LogP contribution in [0.25, 0.3) is 0 Å². The fourth-order valence-corrected chi connectivity index (χ4v) is 1.26. The van der Waals surface area contributed by atoms with Crippen molar-refractivity contribution in [1.29, 1.82) is 0 Å². The predicted octanol–water partition coefficient (Wildman–Crippen LogP) is 0.990. The topological polar surface area (TPSA) is 35.5 Å². The van der Waals surface area contributed by atoms with Crippen molar-refractivity contribution < 1.29 is 5.11 Å². The van der Waals surface area contributed by atoms with Gasteiger partial charge in [0.1, 0.15) is 0 Å². The summed E-state index contributed by atoms with van der Waals surface area (Å²) in [5, 5.41) is 12.2. The summed E-state index contributed by atoms with van der Waals surface area (Å²) in [4.78, 5) is 1.87. The smallest absolute Gasteiger partial charge is 0.173 e. The Morgan fingerprint density at radius 3 is 2.64 bits per heavy atom. The van der Waals surface area contributed by atoms with Crippen LogP contribution < -0.4 is 10.2 Å². The number of aliphatic hydroxyl groups excluding tert-OH is 1. The molecule has 0 bridgehead atoms. The van der Waals surface area contributed by atoms with Crippen molar-refractivity contribution >= 4 is 23.0 Å². The highest BCUT2D eigenvalue weighted by atomic mass is 32.1. The molecule has 3 nitrogen and oxygen atoms in total. The molecule has 0 saturated heterocycles. The second kappa shape index (κ2) is 5.57. The SMILES string of the molecule is CN(C(=S)NCCO)c1ccccc1. The van der Waals surface area contributed by atoms with Gasteiger partial charge in [-0.1, -0.05) is 18.2 Å². The van der Waals surface area contributed by atoms with Gasteiger partial charge in [-0.15, -0.1) is 0 Å². The lowest BCUT2D eigenvalue weighted by atomic mass is 10.3. The molecule has 4 heteroatoms. The fourth-order valence-electron chi connectivity index (χ4n) is 1.05. The van der Waals surface area contributed by atoms with Crippen molar-refractivity contribution in [2.75, 3.05) is 25.1 Å². The molecule has 0 atom stereocenters. The van der Waals surface area contributed by atoms with E-state index in [0.717, 1.165) is 5.69 Å². The second-order valence-electron chi connectivity index (χ2n) is 2.85. The van der Waals surface area contributed by atoms with Gasteiger partial charge in [-0.3, -0.25) is 0 Å². The van der Waals surface area contributed by atoms with Crippen molar-refractivity contribution in [2.24, 2.45) is 0 Å². The fraction of sp³-hybridized carbons (Fsp3) is 0.300. The minimum absolute atomic E-state index is 0.0861. The van der Waals surface area contributed by atoms with Crippen LogP contribution in [0.3, 0.4) is 0 Å². The number of aliphatic hydroxyl groups is 1. The number of hydrogen-bond acceptors (Lipinski definition) is 2. The van der Waals surface area contributed by atoms with Gasteiger partial charge < -0.3 is 15.3 Å². The molecular formula is C10H14N2OS. The van der Waals surface area contributed by atoms with Gasteiger partial charge in [0, 0.05) is 19.3 Å². The highest BCUT2D eigenvalue weighted by Crippen LogP contribution is 2.10. The molecule has 0 aliphatic heterocycles. The van der Waals surface area contributed by atoms with E-state index < -0.39 is 0 Å². The van der Waals surface area contributed by atoms with Crippen molar-refractivity contribution in [3.63, 3.8) is 0 Å². The quantitative estimate of drug-likeness (QED) is 0.729. The van der Waals surface area contributed by atoms with E-state index in [2.05, 4.69) is 5.32 Å². The molecule has 2 N–H and O–H groups in total. The molecule has 76 valence electrons. The highest BCUT2D eigenvalue weighted by Gasteiger charge is 2.04. The van der Waals surface area contributed by atoms with Crippen LogP contribution in [0.15, 0.2) is 30.3 Å². The summed E-state index contributed by atoms with van der Waals surface area (Å²) in [6.07, 6.45) is 0. The van der Waals surface area contributed by atoms with Crippen LogP contribution in [0.5, 0.6) is 0 Å². The number of para-hydroxylation sites is 1. The van der Waals surface area contributed by atoms with E-state index in [-0.39, 0.29) is 6.61 Å². The molecule has 0 radical (unpaired) electrons. The van der Waals surface area contributed by atoms with E-state index in [0.29, 0.717) is 11.7 Å². The van der Waals surface area contributed by atoms with Crippen molar-refractivity contribution in [3.05, 3.63) is 30.3 Å². The van der Waals surface area contributed by atoms with Gasteiger partial charge in [-0.2, -0.15) is 0 Å². The molecule has 0 spiro atoms. The molecule has 0 unspecified atom stereocenters. The zero-order valence-corrected chi connectivity index (χ0v) is 8.92. The lowest BCUT2D eigenvalue weighted by Gasteiger charge is -2.20. The maximum atomic E-state index is 8.63. The Bertz CT molecular complexity index is 289. The first-order chi connectivity index (χ1) is 6.75. The molecule has 0 amide bonds. The summed E-state index contributed by atoms with van der Waals surface area (Å²) < 4.78 is 0. The third-order valence-corrected chi connectivity index (χ3v) is 2.25. The monoisotopic (exact) mass is 210 g/mol. The lowest BCUT2D eigenvalue weighted by molar-refractivity contribution is 0.300. The number of thiocarbonyl (C=S) groups is 1. The van der Waals surface area contributed by atoms with Gasteiger partial charge in [-0.05, 0) is 24.4 Å². The van der Waals surface area contributed by atoms with E-state index in [1.807, 2.05) is 42.3 Å². The van der Waals surface area contributed by atoms with Gasteiger partial charge in [-0.25, -0.2) is 0 Å². The molecule has 0 saturated carbocycles. The average Bonchev–Trinajstić information content (AvgIpc) is 2.26. The van der Waals surface area contributed by atoms with E-state index in [1.54, 1.807) is 0 Å². The second-order valence-corrected chi connectivity index (χ2v) is 3.24. The third kappa shape index (κ3) is 2.97. The zero-order valence-electron chi connectivity index (χ0n) is 8.10. The van der Waals surface area contributed by atoms with E-state index in [9.17, 15) is 0 Å². The maximum absolute atomic E-state index is 8.63. The lowest BCUT2D eigenvalue weighted by Crippen LogP contribution is -2.38. The molecule has 1 aromatic carbocycles. The molecular weight excluding hydrogens is 196 g/mol. The van der Waals surface area contributed by atoms with Crippen LogP contribution in [-0.2, 0) is 0 Å². The van der Waals surface area contributed by atoms with E-state index in [1.165, 1.54) is 0 Å². The van der Waals surface area contributed by atoms with Crippen LogP contribution in [0.1, 0.15) is 0 Å². The molecule has 0 fully saturated rings. The van der Waals surface area contributed by atoms with Crippen molar-refractivity contribution in [2.45, 2.75) is 0 Å². The summed E-state index contributed by atoms with van der Waals surface area (Å²) in [5.74, 6) is 0. The minimum Gasteiger partial charge on any atom is -0.395 e. The Kier molecular flexibility index (Phi) is 4.35. The van der Waals surface area contributed by atoms with Crippen LogP contribution in [0, 0.1) is 0 Å². The average molecular weight is 210 g/mol. The van der Waals surface area contributed by atoms with Crippen molar-refractivity contribution in [3.8, 4) is 0 Å². The maximum Gasteiger partial charge on any atom is 0.173 e. The Balaban J connectivity index is 2.57. The molecule has 0 aliphatic carbocycles. The minimum atomic E-state index is 0.0861. The summed E-state index contributed by atoms with van der Waals surface area (Å²) in [7, 11) is 1.89. The van der Waals surface area contributed by atoms with E-state index >= 15 is 0 Å². The summed E-state index contributed by atoms with van der Waals surface area (Å²) in [6, 6.07) is 9.84. The Hall–Kier alpha value is -1.13. The van der Waals surface area contributed by atoms with Crippen molar-refractivity contribution in [1.82, 2.24) is 5.32 Å². The van der Waals surface area contributed by atoms with Crippen LogP contribution in [0.2, 0.25) is 0 Å². The molecule has 0 aliphatic rings. The van der Waals surface area contributed by atoms with Gasteiger partial charge >= 0.3 is 0 Å². The molecule has 0 heterocycles. The number of benzene rings is 1. The predicted molar refractivity (Wildman–Crippen MR) is 62.5 cm³/mol. The number of hydrogen-bond donors (Lipinski definition) is 2. The number of nitrogens with zero attached hydrogens (tertiary/aromatic N) is 1. The van der Waals surface area contributed by atoms with Crippen LogP contribution in [0.4, 0.5) is 5.69 Å². The Labute approximate surface area is 89.4 Å². The molecule has 1 aromatic rings. The number of rotatable bonds is 3.